The van der Waals surface area contributed by atoms with Gasteiger partial charge in [0.1, 0.15) is 11.5 Å². The quantitative estimate of drug-likeness (QED) is 0.130. The van der Waals surface area contributed by atoms with Crippen LogP contribution < -0.4 is 0 Å². The van der Waals surface area contributed by atoms with Gasteiger partial charge in [-0.25, -0.2) is 9.59 Å². The maximum absolute atomic E-state index is 13.4. The van der Waals surface area contributed by atoms with Crippen LogP contribution in [0.15, 0.2) is 121 Å². The van der Waals surface area contributed by atoms with Crippen LogP contribution in [0.5, 0.6) is 11.5 Å². The van der Waals surface area contributed by atoms with Crippen molar-refractivity contribution >= 4 is 11.9 Å². The van der Waals surface area contributed by atoms with Gasteiger partial charge in [-0.1, -0.05) is 75.1 Å². The highest BCUT2D eigenvalue weighted by Crippen LogP contribution is 2.45. The fourth-order valence-electron chi connectivity index (χ4n) is 11.4. The topological polar surface area (TPSA) is 93.1 Å². The first kappa shape index (κ1) is 49.8. The zero-order chi connectivity index (χ0) is 49.9. The van der Waals surface area contributed by atoms with E-state index in [1.165, 1.54) is 75.6 Å². The molecule has 0 saturated heterocycles. The highest BCUT2D eigenvalue weighted by Gasteiger charge is 2.42. The van der Waals surface area contributed by atoms with Gasteiger partial charge in [-0.15, -0.1) is 0 Å². The van der Waals surface area contributed by atoms with Gasteiger partial charge in [0.2, 0.25) is 0 Å². The largest absolute Gasteiger partial charge is 0.508 e. The molecule has 72 heavy (non-hydrogen) atoms. The normalized spacial score (nSPS) is 25.8. The molecule has 0 amide bonds. The van der Waals surface area contributed by atoms with Gasteiger partial charge in [-0.2, -0.15) is 0 Å². The Labute approximate surface area is 427 Å². The summed E-state index contributed by atoms with van der Waals surface area (Å²) in [7, 11) is 0. The minimum Gasteiger partial charge on any atom is -0.508 e. The van der Waals surface area contributed by atoms with E-state index >= 15 is 0 Å². The lowest BCUT2D eigenvalue weighted by atomic mass is 9.68. The van der Waals surface area contributed by atoms with Crippen molar-refractivity contribution in [3.8, 4) is 58.9 Å². The molecule has 4 aliphatic carbocycles. The van der Waals surface area contributed by atoms with Crippen molar-refractivity contribution in [3.05, 3.63) is 166 Å². The number of carbonyl (C=O) groups excluding carboxylic acids is 2. The van der Waals surface area contributed by atoms with Gasteiger partial charge in [0.25, 0.3) is 0 Å². The maximum Gasteiger partial charge on any atom is 0.339 e. The average Bonchev–Trinajstić information content (AvgIpc) is 3.41. The Hall–Kier alpha value is -7.12. The Morgan fingerprint density at radius 2 is 0.625 bits per heavy atom. The maximum atomic E-state index is 13.4. The number of esters is 2. The number of phenols is 2. The lowest BCUT2D eigenvalue weighted by Crippen LogP contribution is -2.39. The number of ether oxygens (including phenoxy) is 2. The number of rotatable bonds is 6. The summed E-state index contributed by atoms with van der Waals surface area (Å²) in [5.41, 5.74) is 4.26. The number of aromatic hydroxyl groups is 2. The standard InChI is InChI=1S/C66H66O6/c1-47-3-23-55(24-4-47)57-37-43-65(44-38-57,71-63(69)59-27-31-61(67)32-28-59)41-35-53-19-15-51(16-20-53)13-11-49-7-9-50(10-8-49)12-14-52-17-21-54(22-18-52)36-42-66(72-64(70)60-29-33-62(68)34-30-60)45-39-58(40-46-66)56-25-5-48(2)6-26-56/h7-10,15-22,27-34,47-48,55-58,67-68H,3-6,23-26,37-40,43-46H2,1-2H3. The van der Waals surface area contributed by atoms with Crippen molar-refractivity contribution in [2.24, 2.45) is 35.5 Å². The van der Waals surface area contributed by atoms with Crippen LogP contribution in [0.25, 0.3) is 0 Å². The molecule has 366 valence electrons. The van der Waals surface area contributed by atoms with E-state index < -0.39 is 23.1 Å². The summed E-state index contributed by atoms with van der Waals surface area (Å²) in [6, 6.07) is 36.1. The van der Waals surface area contributed by atoms with Gasteiger partial charge in [-0.05, 0) is 246 Å². The molecule has 5 aromatic rings. The lowest BCUT2D eigenvalue weighted by molar-refractivity contribution is -0.0202. The summed E-state index contributed by atoms with van der Waals surface area (Å²) in [6.07, 6.45) is 17.2. The summed E-state index contributed by atoms with van der Waals surface area (Å²) in [4.78, 5) is 26.7. The van der Waals surface area contributed by atoms with Crippen molar-refractivity contribution in [3.63, 3.8) is 0 Å². The second-order valence-corrected chi connectivity index (χ2v) is 21.3. The summed E-state index contributed by atoms with van der Waals surface area (Å²) in [6.45, 7) is 4.72. The summed E-state index contributed by atoms with van der Waals surface area (Å²) < 4.78 is 12.5. The molecule has 4 saturated carbocycles. The van der Waals surface area contributed by atoms with E-state index in [0.717, 1.165) is 82.7 Å². The minimum absolute atomic E-state index is 0.107. The van der Waals surface area contributed by atoms with Crippen molar-refractivity contribution in [2.45, 2.75) is 128 Å². The molecule has 2 N–H and O–H groups in total. The van der Waals surface area contributed by atoms with Crippen molar-refractivity contribution < 1.29 is 29.3 Å². The van der Waals surface area contributed by atoms with E-state index in [-0.39, 0.29) is 11.5 Å². The van der Waals surface area contributed by atoms with Crippen LogP contribution in [-0.4, -0.2) is 33.4 Å². The van der Waals surface area contributed by atoms with Crippen LogP contribution >= 0.6 is 0 Å². The van der Waals surface area contributed by atoms with E-state index in [4.69, 9.17) is 9.47 Å². The second-order valence-electron chi connectivity index (χ2n) is 21.3. The Balaban J connectivity index is 0.812. The Morgan fingerprint density at radius 3 is 0.903 bits per heavy atom. The van der Waals surface area contributed by atoms with Gasteiger partial charge in [0.15, 0.2) is 11.2 Å². The van der Waals surface area contributed by atoms with Gasteiger partial charge >= 0.3 is 11.9 Å². The van der Waals surface area contributed by atoms with Crippen molar-refractivity contribution in [1.82, 2.24) is 0 Å². The van der Waals surface area contributed by atoms with Crippen LogP contribution in [0.1, 0.15) is 171 Å². The van der Waals surface area contributed by atoms with Gasteiger partial charge in [0.05, 0.1) is 11.1 Å². The third kappa shape index (κ3) is 13.2. The average molecular weight is 955 g/mol. The minimum atomic E-state index is -0.864. The Kier molecular flexibility index (Phi) is 15.9. The summed E-state index contributed by atoms with van der Waals surface area (Å²) in [5, 5.41) is 19.5. The van der Waals surface area contributed by atoms with E-state index in [2.05, 4.69) is 61.2 Å². The molecule has 0 aliphatic heterocycles. The molecule has 4 aliphatic rings. The van der Waals surface area contributed by atoms with Gasteiger partial charge in [0, 0.05) is 33.4 Å². The van der Waals surface area contributed by atoms with Crippen LogP contribution in [0.3, 0.4) is 0 Å². The van der Waals surface area contributed by atoms with E-state index in [1.54, 1.807) is 24.3 Å². The first-order valence-electron chi connectivity index (χ1n) is 26.4. The zero-order valence-corrected chi connectivity index (χ0v) is 41.9. The monoisotopic (exact) mass is 954 g/mol. The molecule has 0 spiro atoms. The third-order valence-electron chi connectivity index (χ3n) is 16.1. The smallest absolute Gasteiger partial charge is 0.339 e. The molecule has 6 nitrogen and oxygen atoms in total. The van der Waals surface area contributed by atoms with Crippen molar-refractivity contribution in [2.75, 3.05) is 0 Å². The lowest BCUT2D eigenvalue weighted by Gasteiger charge is -2.40. The molecule has 0 bridgehead atoms. The fraction of sp³-hybridized carbons (Fsp3) is 0.394. The van der Waals surface area contributed by atoms with Crippen LogP contribution in [-0.2, 0) is 9.47 Å². The third-order valence-corrected chi connectivity index (χ3v) is 16.1. The second kappa shape index (κ2) is 23.0. The first-order chi connectivity index (χ1) is 35.0. The molecular weight excluding hydrogens is 889 g/mol. The number of hydrogen-bond acceptors (Lipinski definition) is 6. The fourth-order valence-corrected chi connectivity index (χ4v) is 11.4. The molecule has 9 rings (SSSR count). The number of phenolic OH excluding ortho intramolecular Hbond substituents is 2. The van der Waals surface area contributed by atoms with E-state index in [9.17, 15) is 19.8 Å². The van der Waals surface area contributed by atoms with Crippen LogP contribution in [0.4, 0.5) is 0 Å². The SMILES string of the molecule is CC1CCC(C2CCC(C#Cc3ccc(C#Cc4ccc(C#Cc5ccc(C#CC6(OC(=O)c7ccc(O)cc7)CCC(C7CCC(C)CC7)CC6)cc5)cc4)cc3)(OC(=O)c3ccc(O)cc3)CC2)CC1. The van der Waals surface area contributed by atoms with Gasteiger partial charge in [-0.3, -0.25) is 0 Å². The molecule has 0 radical (unpaired) electrons. The Bertz CT molecular complexity index is 2700. The van der Waals surface area contributed by atoms with Gasteiger partial charge < -0.3 is 19.7 Å². The molecule has 0 heterocycles. The van der Waals surface area contributed by atoms with Crippen molar-refractivity contribution in [1.29, 1.82) is 0 Å². The highest BCUT2D eigenvalue weighted by molar-refractivity contribution is 5.90. The molecule has 5 aromatic carbocycles. The Morgan fingerprint density at radius 1 is 0.375 bits per heavy atom. The predicted molar refractivity (Wildman–Crippen MR) is 284 cm³/mol. The molecule has 4 fully saturated rings. The zero-order valence-electron chi connectivity index (χ0n) is 41.9. The molecule has 0 atom stereocenters. The highest BCUT2D eigenvalue weighted by atomic mass is 16.6. The van der Waals surface area contributed by atoms with E-state index in [1.807, 2.05) is 72.8 Å². The number of hydrogen-bond donors (Lipinski definition) is 2. The summed E-state index contributed by atoms with van der Waals surface area (Å²) in [5.74, 6) is 30.4. The molecular formula is C66H66O6. The van der Waals surface area contributed by atoms with E-state index in [0.29, 0.717) is 48.6 Å². The number of benzene rings is 5. The van der Waals surface area contributed by atoms with Crippen LogP contribution in [0, 0.1) is 82.9 Å². The first-order valence-corrected chi connectivity index (χ1v) is 26.4. The predicted octanol–water partition coefficient (Wildman–Crippen LogP) is 13.8. The summed E-state index contributed by atoms with van der Waals surface area (Å²) >= 11 is 0. The number of carbonyl (C=O) groups is 2. The molecule has 6 heteroatoms. The molecule has 0 unspecified atom stereocenters. The van der Waals surface area contributed by atoms with Crippen LogP contribution in [0.2, 0.25) is 0 Å². The molecule has 0 aromatic heterocycles.